The molecular weight excluding hydrogens is 354 g/mol. The van der Waals surface area contributed by atoms with Crippen LogP contribution in [0.25, 0.3) is 21.8 Å². The highest BCUT2D eigenvalue weighted by molar-refractivity contribution is 5.92. The average molecular weight is 375 g/mol. The van der Waals surface area contributed by atoms with Crippen LogP contribution in [-0.2, 0) is 0 Å². The Morgan fingerprint density at radius 3 is 2.79 bits per heavy atom. The average Bonchev–Trinajstić information content (AvgIpc) is 3.12. The smallest absolute Gasteiger partial charge is 0.325 e. The molecule has 0 bridgehead atoms. The second-order valence-electron chi connectivity index (χ2n) is 6.44. The lowest BCUT2D eigenvalue weighted by Gasteiger charge is -2.12. The Labute approximate surface area is 162 Å². The van der Waals surface area contributed by atoms with Crippen LogP contribution in [-0.4, -0.2) is 29.2 Å². The molecule has 28 heavy (non-hydrogen) atoms. The molecule has 6 nitrogen and oxygen atoms in total. The molecular formula is C22H21N3O3. The summed E-state index contributed by atoms with van der Waals surface area (Å²) in [6.07, 6.45) is 3.47. The molecule has 0 aliphatic rings. The van der Waals surface area contributed by atoms with Crippen molar-refractivity contribution in [3.63, 3.8) is 0 Å². The molecule has 4 aromatic rings. The zero-order valence-electron chi connectivity index (χ0n) is 16.0. The van der Waals surface area contributed by atoms with Crippen molar-refractivity contribution in [2.75, 3.05) is 13.7 Å². The largest absolute Gasteiger partial charge is 0.494 e. The second-order valence-corrected chi connectivity index (χ2v) is 6.44. The van der Waals surface area contributed by atoms with E-state index in [2.05, 4.69) is 10.3 Å². The minimum atomic E-state index is -0.177. The summed E-state index contributed by atoms with van der Waals surface area (Å²) in [7, 11) is 1.61. The number of pyridine rings is 1. The van der Waals surface area contributed by atoms with Gasteiger partial charge in [-0.05, 0) is 55.8 Å². The number of nitrogens with one attached hydrogen (secondary N) is 1. The van der Waals surface area contributed by atoms with Crippen LogP contribution >= 0.6 is 0 Å². The number of benzene rings is 2. The fourth-order valence-corrected chi connectivity index (χ4v) is 3.27. The van der Waals surface area contributed by atoms with Crippen molar-refractivity contribution in [1.29, 1.82) is 0 Å². The first-order valence-corrected chi connectivity index (χ1v) is 9.14. The number of rotatable bonds is 4. The van der Waals surface area contributed by atoms with Crippen molar-refractivity contribution >= 4 is 27.8 Å². The molecule has 1 N–H and O–H groups in total. The van der Waals surface area contributed by atoms with Crippen molar-refractivity contribution in [1.82, 2.24) is 14.9 Å². The molecule has 0 spiro atoms. The Morgan fingerprint density at radius 2 is 2.00 bits per heavy atom. The second kappa shape index (κ2) is 7.23. The summed E-state index contributed by atoms with van der Waals surface area (Å²) in [5.74, 6) is 2.25. The van der Waals surface area contributed by atoms with Crippen LogP contribution in [0.1, 0.15) is 12.5 Å². The summed E-state index contributed by atoms with van der Waals surface area (Å²) in [5.41, 5.74) is 2.67. The van der Waals surface area contributed by atoms with Crippen LogP contribution in [0.15, 0.2) is 54.9 Å². The normalized spacial score (nSPS) is 11.0. The molecule has 2 heterocycles. The first-order valence-electron chi connectivity index (χ1n) is 9.14. The molecule has 2 aromatic carbocycles. The summed E-state index contributed by atoms with van der Waals surface area (Å²) >= 11 is 0. The van der Waals surface area contributed by atoms with Crippen LogP contribution in [0.2, 0.25) is 0 Å². The van der Waals surface area contributed by atoms with E-state index in [1.807, 2.05) is 56.3 Å². The van der Waals surface area contributed by atoms with E-state index < -0.39 is 0 Å². The molecule has 142 valence electrons. The van der Waals surface area contributed by atoms with E-state index >= 15 is 0 Å². The van der Waals surface area contributed by atoms with E-state index in [4.69, 9.17) is 9.47 Å². The number of hydrogen-bond acceptors (Lipinski definition) is 4. The number of amides is 1. The molecule has 0 unspecified atom stereocenters. The van der Waals surface area contributed by atoms with Crippen molar-refractivity contribution in [3.8, 4) is 17.2 Å². The minimum absolute atomic E-state index is 0.177. The van der Waals surface area contributed by atoms with Gasteiger partial charge >= 0.3 is 6.03 Å². The van der Waals surface area contributed by atoms with Crippen molar-refractivity contribution in [2.24, 2.45) is 0 Å². The Morgan fingerprint density at radius 1 is 1.14 bits per heavy atom. The minimum Gasteiger partial charge on any atom is -0.494 e. The summed E-state index contributed by atoms with van der Waals surface area (Å²) in [6, 6.07) is 13.2. The lowest BCUT2D eigenvalue weighted by molar-refractivity contribution is 0.245. The monoisotopic (exact) mass is 375 g/mol. The number of ether oxygens (including phenoxy) is 2. The highest BCUT2D eigenvalue weighted by Crippen LogP contribution is 2.34. The van der Waals surface area contributed by atoms with Crippen LogP contribution < -0.4 is 14.8 Å². The first-order chi connectivity index (χ1) is 13.6. The van der Waals surface area contributed by atoms with Gasteiger partial charge < -0.3 is 14.8 Å². The van der Waals surface area contributed by atoms with Gasteiger partial charge in [-0.2, -0.15) is 0 Å². The Bertz CT molecular complexity index is 1180. The number of fused-ring (bicyclic) bond motifs is 2. The van der Waals surface area contributed by atoms with Gasteiger partial charge in [-0.25, -0.2) is 4.79 Å². The van der Waals surface area contributed by atoms with E-state index in [0.717, 1.165) is 38.9 Å². The van der Waals surface area contributed by atoms with Gasteiger partial charge in [-0.15, -0.1) is 0 Å². The standard InChI is InChI=1S/C22H21N3O3/c1-4-27-21-13-18-17(11-14(21)2)20(7-9-24-18)28-16-5-6-19-15(12-16)8-10-25(19)22(26)23-3/h5-13H,4H2,1-3H3,(H,23,26). The Hall–Kier alpha value is -3.54. The Kier molecular flexibility index (Phi) is 4.61. The fourth-order valence-electron chi connectivity index (χ4n) is 3.27. The topological polar surface area (TPSA) is 65.4 Å². The number of nitrogens with zero attached hydrogens (tertiary/aromatic N) is 2. The molecule has 0 atom stereocenters. The number of carbonyl (C=O) groups is 1. The number of aromatic nitrogens is 2. The zero-order chi connectivity index (χ0) is 19.7. The lowest BCUT2D eigenvalue weighted by Crippen LogP contribution is -2.23. The van der Waals surface area contributed by atoms with Gasteiger partial charge in [0.05, 0.1) is 17.6 Å². The number of carbonyl (C=O) groups excluding carboxylic acids is 1. The summed E-state index contributed by atoms with van der Waals surface area (Å²) in [6.45, 7) is 4.58. The van der Waals surface area contributed by atoms with Crippen LogP contribution in [0.5, 0.6) is 17.2 Å². The van der Waals surface area contributed by atoms with E-state index in [-0.39, 0.29) is 6.03 Å². The quantitative estimate of drug-likeness (QED) is 0.552. The highest BCUT2D eigenvalue weighted by atomic mass is 16.5. The van der Waals surface area contributed by atoms with Gasteiger partial charge in [0.25, 0.3) is 0 Å². The van der Waals surface area contributed by atoms with Crippen molar-refractivity contribution < 1.29 is 14.3 Å². The molecule has 4 rings (SSSR count). The summed E-state index contributed by atoms with van der Waals surface area (Å²) < 4.78 is 13.4. The SMILES string of the molecule is CCOc1cc2nccc(Oc3ccc4c(ccn4C(=O)NC)c3)c2cc1C. The number of aryl methyl sites for hydroxylation is 1. The molecule has 0 radical (unpaired) electrons. The van der Waals surface area contributed by atoms with E-state index in [9.17, 15) is 4.79 Å². The number of hydrogen-bond donors (Lipinski definition) is 1. The van der Waals surface area contributed by atoms with Crippen LogP contribution in [0.3, 0.4) is 0 Å². The maximum atomic E-state index is 11.9. The summed E-state index contributed by atoms with van der Waals surface area (Å²) in [4.78, 5) is 16.4. The fraction of sp³-hybridized carbons (Fsp3) is 0.182. The third-order valence-electron chi connectivity index (χ3n) is 4.62. The van der Waals surface area contributed by atoms with Crippen molar-refractivity contribution in [2.45, 2.75) is 13.8 Å². The van der Waals surface area contributed by atoms with Crippen LogP contribution in [0, 0.1) is 6.92 Å². The molecule has 0 fully saturated rings. The van der Waals surface area contributed by atoms with Gasteiger partial charge in [0.2, 0.25) is 0 Å². The molecule has 0 aliphatic heterocycles. The molecule has 2 aromatic heterocycles. The molecule has 1 amide bonds. The highest BCUT2D eigenvalue weighted by Gasteiger charge is 2.11. The molecule has 0 saturated heterocycles. The van der Waals surface area contributed by atoms with E-state index in [0.29, 0.717) is 12.4 Å². The van der Waals surface area contributed by atoms with Gasteiger partial charge in [0.15, 0.2) is 0 Å². The van der Waals surface area contributed by atoms with Gasteiger partial charge in [0.1, 0.15) is 17.2 Å². The lowest BCUT2D eigenvalue weighted by atomic mass is 10.1. The van der Waals surface area contributed by atoms with E-state index in [1.165, 1.54) is 0 Å². The van der Waals surface area contributed by atoms with Gasteiger partial charge in [-0.3, -0.25) is 9.55 Å². The third kappa shape index (κ3) is 3.13. The maximum absolute atomic E-state index is 11.9. The molecule has 0 aliphatic carbocycles. The Balaban J connectivity index is 1.71. The first kappa shape index (κ1) is 17.9. The predicted octanol–water partition coefficient (Wildman–Crippen LogP) is 4.88. The van der Waals surface area contributed by atoms with Crippen LogP contribution in [0.4, 0.5) is 4.79 Å². The third-order valence-corrected chi connectivity index (χ3v) is 4.62. The molecule has 0 saturated carbocycles. The van der Waals surface area contributed by atoms with Crippen molar-refractivity contribution in [3.05, 3.63) is 60.4 Å². The van der Waals surface area contributed by atoms with Gasteiger partial charge in [0, 0.05) is 36.3 Å². The zero-order valence-corrected chi connectivity index (χ0v) is 16.0. The maximum Gasteiger partial charge on any atom is 0.325 e. The van der Waals surface area contributed by atoms with Gasteiger partial charge in [-0.1, -0.05) is 0 Å². The molecule has 6 heteroatoms. The predicted molar refractivity (Wildman–Crippen MR) is 110 cm³/mol. The van der Waals surface area contributed by atoms with E-state index in [1.54, 1.807) is 24.0 Å². The summed E-state index contributed by atoms with van der Waals surface area (Å²) in [5, 5.41) is 4.48.